The molecule has 0 heterocycles. The summed E-state index contributed by atoms with van der Waals surface area (Å²) < 4.78 is 37.4. The summed E-state index contributed by atoms with van der Waals surface area (Å²) in [6.45, 7) is 0. The van der Waals surface area contributed by atoms with E-state index in [4.69, 9.17) is 5.73 Å². The Labute approximate surface area is 87.4 Å². The summed E-state index contributed by atoms with van der Waals surface area (Å²) in [5.74, 6) is 0. The van der Waals surface area contributed by atoms with Gasteiger partial charge in [-0.25, -0.2) is 0 Å². The maximum Gasteiger partial charge on any atom is 0.419 e. The summed E-state index contributed by atoms with van der Waals surface area (Å²) in [6, 6.07) is 2.79. The molecular formula is C8H8BrF3N2. The molecule has 3 N–H and O–H groups in total. The van der Waals surface area contributed by atoms with Gasteiger partial charge in [-0.05, 0) is 12.1 Å². The molecule has 0 aliphatic carbocycles. The minimum atomic E-state index is -4.45. The second kappa shape index (κ2) is 3.68. The van der Waals surface area contributed by atoms with Crippen LogP contribution >= 0.6 is 15.9 Å². The molecule has 0 aromatic heterocycles. The fraction of sp³-hybridized carbons (Fsp3) is 0.250. The quantitative estimate of drug-likeness (QED) is 0.769. The van der Waals surface area contributed by atoms with E-state index in [-0.39, 0.29) is 15.8 Å². The van der Waals surface area contributed by atoms with Crippen LogP contribution < -0.4 is 11.1 Å². The van der Waals surface area contributed by atoms with Crippen LogP contribution in [0, 0.1) is 0 Å². The monoisotopic (exact) mass is 268 g/mol. The van der Waals surface area contributed by atoms with Crippen molar-refractivity contribution >= 4 is 27.3 Å². The number of nitrogens with two attached hydrogens (primary N) is 1. The molecule has 0 radical (unpaired) electrons. The van der Waals surface area contributed by atoms with E-state index < -0.39 is 11.7 Å². The molecule has 14 heavy (non-hydrogen) atoms. The largest absolute Gasteiger partial charge is 0.419 e. The first-order chi connectivity index (χ1) is 6.38. The van der Waals surface area contributed by atoms with Gasteiger partial charge in [0.2, 0.25) is 0 Å². The number of anilines is 2. The zero-order valence-corrected chi connectivity index (χ0v) is 8.83. The highest BCUT2D eigenvalue weighted by Crippen LogP contribution is 2.41. The predicted molar refractivity (Wildman–Crippen MR) is 53.1 cm³/mol. The van der Waals surface area contributed by atoms with Crippen LogP contribution in [0.3, 0.4) is 0 Å². The van der Waals surface area contributed by atoms with E-state index in [9.17, 15) is 13.2 Å². The van der Waals surface area contributed by atoms with E-state index in [0.29, 0.717) is 0 Å². The molecule has 1 aromatic rings. The number of nitrogens with one attached hydrogen (secondary N) is 1. The van der Waals surface area contributed by atoms with Gasteiger partial charge in [-0.1, -0.05) is 15.9 Å². The lowest BCUT2D eigenvalue weighted by atomic mass is 10.1. The number of nitrogen functional groups attached to an aromatic ring is 1. The van der Waals surface area contributed by atoms with E-state index in [1.54, 1.807) is 0 Å². The Bertz CT molecular complexity index is 349. The summed E-state index contributed by atoms with van der Waals surface area (Å²) >= 11 is 2.82. The van der Waals surface area contributed by atoms with Crippen LogP contribution in [0.5, 0.6) is 0 Å². The van der Waals surface area contributed by atoms with Crippen molar-refractivity contribution in [3.63, 3.8) is 0 Å². The summed E-state index contributed by atoms with van der Waals surface area (Å²) in [5.41, 5.74) is 4.49. The molecule has 1 rings (SSSR count). The minimum Gasteiger partial charge on any atom is -0.397 e. The topological polar surface area (TPSA) is 38.0 Å². The molecule has 6 heteroatoms. The smallest absolute Gasteiger partial charge is 0.397 e. The zero-order valence-electron chi connectivity index (χ0n) is 7.24. The second-order valence-electron chi connectivity index (χ2n) is 2.63. The Morgan fingerprint density at radius 2 is 1.93 bits per heavy atom. The van der Waals surface area contributed by atoms with Gasteiger partial charge in [0.15, 0.2) is 0 Å². The molecule has 0 saturated heterocycles. The van der Waals surface area contributed by atoms with Crippen LogP contribution in [-0.4, -0.2) is 7.05 Å². The molecular weight excluding hydrogens is 261 g/mol. The van der Waals surface area contributed by atoms with E-state index in [0.717, 1.165) is 0 Å². The number of hydrogen-bond acceptors (Lipinski definition) is 2. The molecule has 0 aliphatic heterocycles. The third-order valence-corrected chi connectivity index (χ3v) is 2.41. The first-order valence-electron chi connectivity index (χ1n) is 3.71. The van der Waals surface area contributed by atoms with E-state index in [1.807, 2.05) is 0 Å². The van der Waals surface area contributed by atoms with Gasteiger partial charge in [-0.2, -0.15) is 13.2 Å². The van der Waals surface area contributed by atoms with Crippen LogP contribution in [0.2, 0.25) is 0 Å². The SMILES string of the molecule is CNc1ccc(Br)c(C(F)(F)F)c1N. The van der Waals surface area contributed by atoms with Crippen molar-refractivity contribution in [2.24, 2.45) is 0 Å². The molecule has 0 aliphatic rings. The van der Waals surface area contributed by atoms with Gasteiger partial charge in [-0.15, -0.1) is 0 Å². The number of alkyl halides is 3. The summed E-state index contributed by atoms with van der Waals surface area (Å²) in [7, 11) is 1.51. The molecule has 0 fully saturated rings. The molecule has 0 unspecified atom stereocenters. The van der Waals surface area contributed by atoms with Crippen LogP contribution in [0.4, 0.5) is 24.5 Å². The first-order valence-corrected chi connectivity index (χ1v) is 4.50. The Morgan fingerprint density at radius 3 is 2.36 bits per heavy atom. The van der Waals surface area contributed by atoms with E-state index >= 15 is 0 Å². The molecule has 0 bridgehead atoms. The standard InChI is InChI=1S/C8H8BrF3N2/c1-14-5-3-2-4(9)6(7(5)13)8(10,11)12/h2-3,14H,13H2,1H3. The van der Waals surface area contributed by atoms with Gasteiger partial charge in [0.05, 0.1) is 16.9 Å². The molecule has 0 saturated carbocycles. The van der Waals surface area contributed by atoms with Crippen molar-refractivity contribution < 1.29 is 13.2 Å². The average molecular weight is 269 g/mol. The number of benzene rings is 1. The second-order valence-corrected chi connectivity index (χ2v) is 3.49. The fourth-order valence-electron chi connectivity index (χ4n) is 1.10. The molecule has 0 amide bonds. The van der Waals surface area contributed by atoms with Crippen molar-refractivity contribution in [3.05, 3.63) is 22.2 Å². The summed E-state index contributed by atoms with van der Waals surface area (Å²) in [6.07, 6.45) is -4.45. The van der Waals surface area contributed by atoms with Gasteiger partial charge in [0.25, 0.3) is 0 Å². The number of hydrogen-bond donors (Lipinski definition) is 2. The van der Waals surface area contributed by atoms with Gasteiger partial charge in [0, 0.05) is 11.5 Å². The normalized spacial score (nSPS) is 11.5. The number of rotatable bonds is 1. The molecule has 1 aromatic carbocycles. The summed E-state index contributed by atoms with van der Waals surface area (Å²) in [4.78, 5) is 0. The Kier molecular flexibility index (Phi) is 2.94. The van der Waals surface area contributed by atoms with Crippen molar-refractivity contribution in [3.8, 4) is 0 Å². The van der Waals surface area contributed by atoms with E-state index in [2.05, 4.69) is 21.2 Å². The molecule has 2 nitrogen and oxygen atoms in total. The van der Waals surface area contributed by atoms with Crippen LogP contribution in [0.15, 0.2) is 16.6 Å². The average Bonchev–Trinajstić information content (AvgIpc) is 2.02. The Morgan fingerprint density at radius 1 is 1.36 bits per heavy atom. The lowest BCUT2D eigenvalue weighted by Gasteiger charge is -2.14. The zero-order chi connectivity index (χ0) is 10.9. The summed E-state index contributed by atoms with van der Waals surface area (Å²) in [5, 5.41) is 2.59. The van der Waals surface area contributed by atoms with E-state index in [1.165, 1.54) is 19.2 Å². The molecule has 78 valence electrons. The Balaban J connectivity index is 3.40. The van der Waals surface area contributed by atoms with Crippen molar-refractivity contribution in [1.82, 2.24) is 0 Å². The highest BCUT2D eigenvalue weighted by atomic mass is 79.9. The first kappa shape index (κ1) is 11.2. The van der Waals surface area contributed by atoms with Gasteiger partial charge >= 0.3 is 6.18 Å². The van der Waals surface area contributed by atoms with Crippen LogP contribution in [0.25, 0.3) is 0 Å². The molecule has 0 atom stereocenters. The third-order valence-electron chi connectivity index (χ3n) is 1.75. The maximum absolute atomic E-state index is 12.5. The van der Waals surface area contributed by atoms with Gasteiger partial charge in [-0.3, -0.25) is 0 Å². The van der Waals surface area contributed by atoms with Crippen molar-refractivity contribution in [2.45, 2.75) is 6.18 Å². The van der Waals surface area contributed by atoms with Gasteiger partial charge in [0.1, 0.15) is 0 Å². The lowest BCUT2D eigenvalue weighted by molar-refractivity contribution is -0.137. The third kappa shape index (κ3) is 1.95. The highest BCUT2D eigenvalue weighted by Gasteiger charge is 2.36. The highest BCUT2D eigenvalue weighted by molar-refractivity contribution is 9.10. The van der Waals surface area contributed by atoms with Crippen molar-refractivity contribution in [1.29, 1.82) is 0 Å². The maximum atomic E-state index is 12.5. The fourth-order valence-corrected chi connectivity index (χ4v) is 1.67. The molecule has 0 spiro atoms. The predicted octanol–water partition coefficient (Wildman–Crippen LogP) is 3.09. The van der Waals surface area contributed by atoms with Crippen LogP contribution in [0.1, 0.15) is 5.56 Å². The van der Waals surface area contributed by atoms with Crippen LogP contribution in [-0.2, 0) is 6.18 Å². The minimum absolute atomic E-state index is 0.0542. The Hall–Kier alpha value is -0.910. The number of halogens is 4. The lowest BCUT2D eigenvalue weighted by Crippen LogP contribution is -2.11. The van der Waals surface area contributed by atoms with Gasteiger partial charge < -0.3 is 11.1 Å². The van der Waals surface area contributed by atoms with Crippen molar-refractivity contribution in [2.75, 3.05) is 18.1 Å².